The minimum atomic E-state index is 0.359. The number of oxazole rings is 1. The van der Waals surface area contributed by atoms with Gasteiger partial charge in [-0.1, -0.05) is 76.7 Å². The Hall–Kier alpha value is -2.55. The van der Waals surface area contributed by atoms with E-state index in [1.54, 1.807) is 0 Å². The summed E-state index contributed by atoms with van der Waals surface area (Å²) in [5.41, 5.74) is 4.34. The second-order valence-electron chi connectivity index (χ2n) is 7.16. The van der Waals surface area contributed by atoms with Gasteiger partial charge in [0.15, 0.2) is 11.5 Å². The van der Waals surface area contributed by atoms with E-state index in [1.165, 1.54) is 11.3 Å². The Kier molecular flexibility index (Phi) is 7.02. The first-order valence-electron chi connectivity index (χ1n) is 9.17. The number of hydrogen-bond donors (Lipinski definition) is 0. The first-order chi connectivity index (χ1) is 12.4. The van der Waals surface area contributed by atoms with Crippen molar-refractivity contribution in [2.24, 2.45) is 5.92 Å². The summed E-state index contributed by atoms with van der Waals surface area (Å²) in [6.45, 7) is 13.5. The van der Waals surface area contributed by atoms with Gasteiger partial charge in [-0.2, -0.15) is 0 Å². The maximum Gasteiger partial charge on any atom is 0.198 e. The van der Waals surface area contributed by atoms with E-state index in [2.05, 4.69) is 75.5 Å². The molecule has 3 rings (SSSR count). The first-order valence-corrected chi connectivity index (χ1v) is 9.17. The molecule has 0 N–H and O–H groups in total. The van der Waals surface area contributed by atoms with Crippen LogP contribution in [0.15, 0.2) is 71.3 Å². The van der Waals surface area contributed by atoms with Gasteiger partial charge >= 0.3 is 0 Å². The second-order valence-corrected chi connectivity index (χ2v) is 7.16. The fourth-order valence-electron chi connectivity index (χ4n) is 2.54. The van der Waals surface area contributed by atoms with Gasteiger partial charge in [0.2, 0.25) is 0 Å². The zero-order valence-corrected chi connectivity index (χ0v) is 16.6. The van der Waals surface area contributed by atoms with Gasteiger partial charge in [0, 0.05) is 25.2 Å². The lowest BCUT2D eigenvalue weighted by Crippen LogP contribution is -2.19. The molecule has 0 amide bonds. The van der Waals surface area contributed by atoms with Crippen molar-refractivity contribution in [2.75, 3.05) is 7.05 Å². The highest BCUT2D eigenvalue weighted by Crippen LogP contribution is 2.20. The van der Waals surface area contributed by atoms with Gasteiger partial charge in [-0.25, -0.2) is 4.98 Å². The molecule has 0 radical (unpaired) electrons. The fraction of sp³-hybridized carbons (Fsp3) is 0.348. The third kappa shape index (κ3) is 5.48. The van der Waals surface area contributed by atoms with Crippen molar-refractivity contribution in [1.82, 2.24) is 9.88 Å². The predicted molar refractivity (Wildman–Crippen MR) is 110 cm³/mol. The summed E-state index contributed by atoms with van der Waals surface area (Å²) in [5, 5.41) is 0. The molecule has 26 heavy (non-hydrogen) atoms. The zero-order valence-electron chi connectivity index (χ0n) is 16.6. The van der Waals surface area contributed by atoms with Gasteiger partial charge in [0.25, 0.3) is 0 Å². The number of nitrogens with zero attached hydrogens (tertiary/aromatic N) is 2. The third-order valence-corrected chi connectivity index (χ3v) is 4.22. The molecule has 3 heteroatoms. The summed E-state index contributed by atoms with van der Waals surface area (Å²) >= 11 is 0. The Balaban J connectivity index is 0.000000189. The number of rotatable bonds is 5. The highest BCUT2D eigenvalue weighted by molar-refractivity contribution is 5.72. The molecular formula is C23H30N2O. The van der Waals surface area contributed by atoms with Crippen LogP contribution >= 0.6 is 0 Å². The van der Waals surface area contributed by atoms with Crippen LogP contribution in [0.25, 0.3) is 11.1 Å². The van der Waals surface area contributed by atoms with Crippen molar-refractivity contribution in [1.29, 1.82) is 0 Å². The third-order valence-electron chi connectivity index (χ3n) is 4.22. The SMILES string of the molecule is C=C(C(C)C)N(C)Cc1ccccc1.CC(C)c1nc2ccccc2o1. The predicted octanol–water partition coefficient (Wildman–Crippen LogP) is 6.24. The van der Waals surface area contributed by atoms with E-state index in [4.69, 9.17) is 4.42 Å². The smallest absolute Gasteiger partial charge is 0.198 e. The van der Waals surface area contributed by atoms with E-state index >= 15 is 0 Å². The number of fused-ring (bicyclic) bond motifs is 1. The summed E-state index contributed by atoms with van der Waals surface area (Å²) in [5.74, 6) is 1.69. The Morgan fingerprint density at radius 1 is 1.00 bits per heavy atom. The van der Waals surface area contributed by atoms with Crippen molar-refractivity contribution in [3.8, 4) is 0 Å². The summed E-state index contributed by atoms with van der Waals surface area (Å²) in [4.78, 5) is 6.55. The van der Waals surface area contributed by atoms with Crippen molar-refractivity contribution in [3.63, 3.8) is 0 Å². The Bertz CT molecular complexity index is 785. The van der Waals surface area contributed by atoms with Crippen LogP contribution in [0.1, 0.15) is 45.1 Å². The van der Waals surface area contributed by atoms with E-state index in [1.807, 2.05) is 30.3 Å². The van der Waals surface area contributed by atoms with Crippen LogP contribution < -0.4 is 0 Å². The minimum Gasteiger partial charge on any atom is -0.440 e. The summed E-state index contributed by atoms with van der Waals surface area (Å²) in [7, 11) is 2.09. The van der Waals surface area contributed by atoms with Crippen molar-refractivity contribution in [2.45, 2.75) is 40.2 Å². The number of aromatic nitrogens is 1. The molecule has 0 unspecified atom stereocenters. The lowest BCUT2D eigenvalue weighted by atomic mass is 10.1. The topological polar surface area (TPSA) is 29.3 Å². The molecule has 2 aromatic carbocycles. The lowest BCUT2D eigenvalue weighted by Gasteiger charge is -2.24. The molecule has 0 aliphatic heterocycles. The molecule has 1 heterocycles. The molecule has 0 spiro atoms. The van der Waals surface area contributed by atoms with Crippen molar-refractivity contribution < 1.29 is 4.42 Å². The number of para-hydroxylation sites is 2. The van der Waals surface area contributed by atoms with Gasteiger partial charge in [-0.05, 0) is 23.6 Å². The zero-order chi connectivity index (χ0) is 19.1. The standard InChI is InChI=1S/C13H19N.C10H11NO/c1-11(2)12(3)14(4)10-13-8-6-5-7-9-13;1-7(2)10-11-8-5-3-4-6-9(8)12-10/h5-9,11H,3,10H2,1-2,4H3;3-7H,1-2H3. The molecule has 3 nitrogen and oxygen atoms in total. The van der Waals surface area contributed by atoms with E-state index in [0.29, 0.717) is 11.8 Å². The van der Waals surface area contributed by atoms with Crippen LogP contribution in [-0.4, -0.2) is 16.9 Å². The Morgan fingerprint density at radius 2 is 1.62 bits per heavy atom. The largest absolute Gasteiger partial charge is 0.440 e. The van der Waals surface area contributed by atoms with Crippen molar-refractivity contribution in [3.05, 3.63) is 78.3 Å². The lowest BCUT2D eigenvalue weighted by molar-refractivity contribution is 0.370. The monoisotopic (exact) mass is 350 g/mol. The minimum absolute atomic E-state index is 0.359. The number of hydrogen-bond acceptors (Lipinski definition) is 3. The molecule has 0 saturated heterocycles. The molecule has 0 saturated carbocycles. The van der Waals surface area contributed by atoms with Crippen LogP contribution in [0.4, 0.5) is 0 Å². The van der Waals surface area contributed by atoms with E-state index in [-0.39, 0.29) is 0 Å². The molecule has 0 aliphatic rings. The maximum absolute atomic E-state index is 5.52. The van der Waals surface area contributed by atoms with Crippen LogP contribution in [0.2, 0.25) is 0 Å². The van der Waals surface area contributed by atoms with E-state index in [9.17, 15) is 0 Å². The normalized spacial score (nSPS) is 10.7. The first kappa shape index (κ1) is 19.8. The summed E-state index contributed by atoms with van der Waals surface area (Å²) in [6, 6.07) is 18.3. The van der Waals surface area contributed by atoms with E-state index in [0.717, 1.165) is 23.5 Å². The quantitative estimate of drug-likeness (QED) is 0.545. The highest BCUT2D eigenvalue weighted by Gasteiger charge is 2.07. The molecule has 138 valence electrons. The molecular weight excluding hydrogens is 320 g/mol. The molecule has 1 aromatic heterocycles. The van der Waals surface area contributed by atoms with E-state index < -0.39 is 0 Å². The Labute approximate surface area is 157 Å². The van der Waals surface area contributed by atoms with Gasteiger partial charge < -0.3 is 9.32 Å². The number of benzene rings is 2. The van der Waals surface area contributed by atoms with Gasteiger partial charge in [0.05, 0.1) is 0 Å². The fourth-order valence-corrected chi connectivity index (χ4v) is 2.54. The van der Waals surface area contributed by atoms with Crippen LogP contribution in [0.5, 0.6) is 0 Å². The molecule has 0 aliphatic carbocycles. The average molecular weight is 351 g/mol. The molecule has 3 aromatic rings. The summed E-state index contributed by atoms with van der Waals surface area (Å²) < 4.78 is 5.52. The van der Waals surface area contributed by atoms with Crippen LogP contribution in [-0.2, 0) is 6.54 Å². The second kappa shape index (κ2) is 9.23. The average Bonchev–Trinajstić information content (AvgIpc) is 3.07. The Morgan fingerprint density at radius 3 is 2.19 bits per heavy atom. The molecule has 0 fully saturated rings. The molecule has 0 bridgehead atoms. The molecule has 0 atom stereocenters. The summed E-state index contributed by atoms with van der Waals surface area (Å²) in [6.07, 6.45) is 0. The van der Waals surface area contributed by atoms with Gasteiger partial charge in [-0.3, -0.25) is 0 Å². The van der Waals surface area contributed by atoms with Crippen molar-refractivity contribution >= 4 is 11.1 Å². The van der Waals surface area contributed by atoms with Gasteiger partial charge in [-0.15, -0.1) is 0 Å². The van der Waals surface area contributed by atoms with Crippen LogP contribution in [0, 0.1) is 5.92 Å². The highest BCUT2D eigenvalue weighted by atomic mass is 16.3. The van der Waals surface area contributed by atoms with Crippen LogP contribution in [0.3, 0.4) is 0 Å². The number of allylic oxidation sites excluding steroid dienone is 1. The van der Waals surface area contributed by atoms with Gasteiger partial charge in [0.1, 0.15) is 5.52 Å². The maximum atomic E-state index is 5.52.